The van der Waals surface area contributed by atoms with Crippen LogP contribution < -0.4 is 5.73 Å². The Balaban J connectivity index is 2.93. The third kappa shape index (κ3) is 1.18. The molecule has 0 saturated heterocycles. The fourth-order valence-corrected chi connectivity index (χ4v) is 2.79. The molecule has 0 saturated carbocycles. The summed E-state index contributed by atoms with van der Waals surface area (Å²) in [5.74, 6) is 0. The van der Waals surface area contributed by atoms with Gasteiger partial charge in [-0.2, -0.15) is 0 Å². The summed E-state index contributed by atoms with van der Waals surface area (Å²) in [4.78, 5) is 0.874. The summed E-state index contributed by atoms with van der Waals surface area (Å²) in [6.45, 7) is 0. The third-order valence-electron chi connectivity index (χ3n) is 1.65. The van der Waals surface area contributed by atoms with Gasteiger partial charge in [0, 0.05) is 26.0 Å². The van der Waals surface area contributed by atoms with Crippen LogP contribution in [0.2, 0.25) is 5.02 Å². The first-order chi connectivity index (χ1) is 5.68. The van der Waals surface area contributed by atoms with Crippen LogP contribution in [0, 0.1) is 0 Å². The lowest BCUT2D eigenvalue weighted by molar-refractivity contribution is 1.54. The van der Waals surface area contributed by atoms with Gasteiger partial charge < -0.3 is 5.73 Å². The van der Waals surface area contributed by atoms with Crippen LogP contribution in [-0.2, 0) is 0 Å². The topological polar surface area (TPSA) is 26.0 Å². The van der Waals surface area contributed by atoms with Crippen LogP contribution in [0.3, 0.4) is 0 Å². The summed E-state index contributed by atoms with van der Waals surface area (Å²) < 4.78 is 1.09. The second-order valence-electron chi connectivity index (χ2n) is 2.49. The summed E-state index contributed by atoms with van der Waals surface area (Å²) in [6, 6.07) is 3.77. The Morgan fingerprint density at radius 3 is 2.92 bits per heavy atom. The Morgan fingerprint density at radius 2 is 2.17 bits per heavy atom. The minimum Gasteiger partial charge on any atom is -0.398 e. The van der Waals surface area contributed by atoms with Crippen molar-refractivity contribution < 1.29 is 0 Å². The van der Waals surface area contributed by atoms with E-state index in [1.54, 1.807) is 11.3 Å². The SMILES string of the molecule is Nc1cc(S)cc2scc(Cl)c12. The van der Waals surface area contributed by atoms with Crippen LogP contribution in [0.1, 0.15) is 0 Å². The van der Waals surface area contributed by atoms with Crippen molar-refractivity contribution in [3.63, 3.8) is 0 Å². The van der Waals surface area contributed by atoms with E-state index in [-0.39, 0.29) is 0 Å². The molecule has 0 fully saturated rings. The number of nitrogen functional groups attached to an aromatic ring is 1. The molecular formula is C8H6ClNS2. The van der Waals surface area contributed by atoms with E-state index < -0.39 is 0 Å². The summed E-state index contributed by atoms with van der Waals surface area (Å²) in [7, 11) is 0. The highest BCUT2D eigenvalue weighted by Crippen LogP contribution is 2.35. The van der Waals surface area contributed by atoms with E-state index in [1.807, 2.05) is 17.5 Å². The number of fused-ring (bicyclic) bond motifs is 1. The Hall–Kier alpha value is -0.380. The fourth-order valence-electron chi connectivity index (χ4n) is 1.14. The number of thiophene rings is 1. The molecule has 0 atom stereocenters. The van der Waals surface area contributed by atoms with Crippen LogP contribution in [-0.4, -0.2) is 0 Å². The largest absolute Gasteiger partial charge is 0.398 e. The van der Waals surface area contributed by atoms with Gasteiger partial charge in [0.15, 0.2) is 0 Å². The molecule has 0 aliphatic rings. The van der Waals surface area contributed by atoms with Gasteiger partial charge in [-0.05, 0) is 12.1 Å². The van der Waals surface area contributed by atoms with Crippen molar-refractivity contribution in [3.05, 3.63) is 22.5 Å². The van der Waals surface area contributed by atoms with E-state index in [0.29, 0.717) is 5.69 Å². The quantitative estimate of drug-likeness (QED) is 0.511. The zero-order valence-electron chi connectivity index (χ0n) is 6.04. The molecule has 1 heterocycles. The van der Waals surface area contributed by atoms with Gasteiger partial charge in [-0.25, -0.2) is 0 Å². The van der Waals surface area contributed by atoms with E-state index in [0.717, 1.165) is 20.0 Å². The van der Waals surface area contributed by atoms with Gasteiger partial charge in [0.1, 0.15) is 0 Å². The van der Waals surface area contributed by atoms with Gasteiger partial charge in [-0.3, -0.25) is 0 Å². The molecule has 1 aromatic heterocycles. The predicted octanol–water partition coefficient (Wildman–Crippen LogP) is 3.43. The molecule has 0 radical (unpaired) electrons. The standard InChI is InChI=1S/C8H6ClNS2/c9-5-3-12-7-2-4(11)1-6(10)8(5)7/h1-3,11H,10H2. The lowest BCUT2D eigenvalue weighted by Crippen LogP contribution is -1.84. The molecule has 2 N–H and O–H groups in total. The van der Waals surface area contributed by atoms with Gasteiger partial charge in [-0.15, -0.1) is 24.0 Å². The molecule has 12 heavy (non-hydrogen) atoms. The fraction of sp³-hybridized carbons (Fsp3) is 0. The number of thiol groups is 1. The Morgan fingerprint density at radius 1 is 1.42 bits per heavy atom. The second kappa shape index (κ2) is 2.83. The normalized spacial score (nSPS) is 10.8. The summed E-state index contributed by atoms with van der Waals surface area (Å²) in [6.07, 6.45) is 0. The zero-order valence-corrected chi connectivity index (χ0v) is 8.51. The molecule has 1 aromatic carbocycles. The number of benzene rings is 1. The maximum atomic E-state index is 5.94. The Kier molecular flexibility index (Phi) is 1.94. The maximum absolute atomic E-state index is 5.94. The molecule has 4 heteroatoms. The van der Waals surface area contributed by atoms with Crippen molar-refractivity contribution in [1.82, 2.24) is 0 Å². The highest BCUT2D eigenvalue weighted by atomic mass is 35.5. The minimum absolute atomic E-state index is 0.698. The number of rotatable bonds is 0. The molecule has 2 aromatic rings. The van der Waals surface area contributed by atoms with E-state index in [2.05, 4.69) is 12.6 Å². The average Bonchev–Trinajstić information content (AvgIpc) is 2.31. The van der Waals surface area contributed by atoms with Crippen LogP contribution in [0.25, 0.3) is 10.1 Å². The lowest BCUT2D eigenvalue weighted by Gasteiger charge is -1.98. The van der Waals surface area contributed by atoms with Crippen molar-refractivity contribution in [2.45, 2.75) is 4.90 Å². The molecule has 1 nitrogen and oxygen atoms in total. The van der Waals surface area contributed by atoms with Crippen molar-refractivity contribution in [1.29, 1.82) is 0 Å². The minimum atomic E-state index is 0.698. The van der Waals surface area contributed by atoms with Crippen LogP contribution in [0.4, 0.5) is 5.69 Å². The highest BCUT2D eigenvalue weighted by molar-refractivity contribution is 7.80. The number of anilines is 1. The number of hydrogen-bond acceptors (Lipinski definition) is 3. The molecule has 0 aliphatic heterocycles. The first-order valence-electron chi connectivity index (χ1n) is 3.33. The molecule has 62 valence electrons. The van der Waals surface area contributed by atoms with Gasteiger partial charge in [0.2, 0.25) is 0 Å². The molecular weight excluding hydrogens is 210 g/mol. The van der Waals surface area contributed by atoms with Gasteiger partial charge in [0.25, 0.3) is 0 Å². The van der Waals surface area contributed by atoms with Gasteiger partial charge in [0.05, 0.1) is 5.02 Å². The summed E-state index contributed by atoms with van der Waals surface area (Å²) in [5.41, 5.74) is 6.47. The Labute approximate surface area is 84.6 Å². The average molecular weight is 216 g/mol. The molecule has 0 spiro atoms. The smallest absolute Gasteiger partial charge is 0.0612 e. The second-order valence-corrected chi connectivity index (χ2v) is 4.33. The maximum Gasteiger partial charge on any atom is 0.0612 e. The molecule has 0 amide bonds. The van der Waals surface area contributed by atoms with Crippen LogP contribution in [0.15, 0.2) is 22.4 Å². The number of nitrogens with two attached hydrogens (primary N) is 1. The van der Waals surface area contributed by atoms with Crippen molar-refractivity contribution in [3.8, 4) is 0 Å². The van der Waals surface area contributed by atoms with Crippen molar-refractivity contribution in [2.24, 2.45) is 0 Å². The van der Waals surface area contributed by atoms with Gasteiger partial charge >= 0.3 is 0 Å². The predicted molar refractivity (Wildman–Crippen MR) is 58.5 cm³/mol. The van der Waals surface area contributed by atoms with Crippen LogP contribution >= 0.6 is 35.6 Å². The molecule has 2 rings (SSSR count). The first-order valence-corrected chi connectivity index (χ1v) is 5.04. The number of halogens is 1. The Bertz CT molecular complexity index is 436. The molecule has 0 unspecified atom stereocenters. The van der Waals surface area contributed by atoms with E-state index in [4.69, 9.17) is 17.3 Å². The lowest BCUT2D eigenvalue weighted by atomic mass is 10.2. The number of hydrogen-bond donors (Lipinski definition) is 2. The van der Waals surface area contributed by atoms with Crippen molar-refractivity contribution in [2.75, 3.05) is 5.73 Å². The van der Waals surface area contributed by atoms with Gasteiger partial charge in [-0.1, -0.05) is 11.6 Å². The molecule has 0 bridgehead atoms. The third-order valence-corrected chi connectivity index (χ3v) is 3.26. The van der Waals surface area contributed by atoms with Crippen LogP contribution in [0.5, 0.6) is 0 Å². The van der Waals surface area contributed by atoms with E-state index in [1.165, 1.54) is 0 Å². The summed E-state index contributed by atoms with van der Waals surface area (Å²) >= 11 is 11.7. The van der Waals surface area contributed by atoms with E-state index >= 15 is 0 Å². The molecule has 0 aliphatic carbocycles. The first kappa shape index (κ1) is 8.23. The highest BCUT2D eigenvalue weighted by Gasteiger charge is 2.05. The zero-order chi connectivity index (χ0) is 8.72. The van der Waals surface area contributed by atoms with Crippen molar-refractivity contribution >= 4 is 51.3 Å². The van der Waals surface area contributed by atoms with E-state index in [9.17, 15) is 0 Å². The summed E-state index contributed by atoms with van der Waals surface area (Å²) in [5, 5.41) is 3.55. The monoisotopic (exact) mass is 215 g/mol.